The van der Waals surface area contributed by atoms with Gasteiger partial charge in [-0.2, -0.15) is 0 Å². The summed E-state index contributed by atoms with van der Waals surface area (Å²) in [6, 6.07) is 2.48. The van der Waals surface area contributed by atoms with Crippen molar-refractivity contribution in [2.45, 2.75) is 12.8 Å². The Morgan fingerprint density at radius 1 is 1.40 bits per heavy atom. The van der Waals surface area contributed by atoms with Crippen molar-refractivity contribution < 1.29 is 27.1 Å². The van der Waals surface area contributed by atoms with Gasteiger partial charge >= 0.3 is 6.36 Å². The van der Waals surface area contributed by atoms with E-state index in [1.165, 1.54) is 0 Å². The highest BCUT2D eigenvalue weighted by molar-refractivity contribution is 5.96. The van der Waals surface area contributed by atoms with Gasteiger partial charge in [-0.1, -0.05) is 0 Å². The number of anilines is 1. The van der Waals surface area contributed by atoms with Crippen molar-refractivity contribution >= 4 is 11.6 Å². The minimum absolute atomic E-state index is 0.0420. The van der Waals surface area contributed by atoms with Gasteiger partial charge < -0.3 is 9.64 Å². The third-order valence-corrected chi connectivity index (χ3v) is 2.80. The molecule has 1 unspecified atom stereocenters. The molecule has 3 nitrogen and oxygen atoms in total. The Morgan fingerprint density at radius 2 is 2.10 bits per heavy atom. The van der Waals surface area contributed by atoms with E-state index in [0.717, 1.165) is 23.1 Å². The lowest BCUT2D eigenvalue weighted by Gasteiger charge is -2.18. The molecule has 1 aromatic rings. The second-order valence-corrected chi connectivity index (χ2v) is 4.23. The lowest BCUT2D eigenvalue weighted by molar-refractivity contribution is -0.274. The summed E-state index contributed by atoms with van der Waals surface area (Å²) < 4.78 is 53.7. The average Bonchev–Trinajstić information content (AvgIpc) is 2.71. The highest BCUT2D eigenvalue weighted by Crippen LogP contribution is 2.32. The highest BCUT2D eigenvalue weighted by Gasteiger charge is 2.34. The summed E-state index contributed by atoms with van der Waals surface area (Å²) in [4.78, 5) is 12.7. The summed E-state index contributed by atoms with van der Waals surface area (Å²) in [5.74, 6) is 0.149. The molecule has 1 aliphatic heterocycles. The molecule has 2 rings (SSSR count). The molecule has 1 heterocycles. The van der Waals surface area contributed by atoms with Gasteiger partial charge in [-0.15, -0.1) is 25.5 Å². The summed E-state index contributed by atoms with van der Waals surface area (Å²) in [7, 11) is 0. The molecular weight excluding hydrogens is 278 g/mol. The minimum Gasteiger partial charge on any atom is -0.406 e. The van der Waals surface area contributed by atoms with Gasteiger partial charge in [-0.05, 0) is 12.1 Å². The van der Waals surface area contributed by atoms with Crippen molar-refractivity contribution in [1.82, 2.24) is 0 Å². The molecule has 0 radical (unpaired) electrons. The maximum atomic E-state index is 13.7. The Bertz CT molecular complexity index is 577. The molecular formula is C13H9F4NO2. The Balaban J connectivity index is 2.30. The van der Waals surface area contributed by atoms with Crippen molar-refractivity contribution in [3.63, 3.8) is 0 Å². The number of hydrogen-bond acceptors (Lipinski definition) is 2. The smallest absolute Gasteiger partial charge is 0.406 e. The first-order valence-corrected chi connectivity index (χ1v) is 5.62. The highest BCUT2D eigenvalue weighted by atomic mass is 19.4. The van der Waals surface area contributed by atoms with Gasteiger partial charge in [0, 0.05) is 24.9 Å². The molecule has 7 heteroatoms. The molecule has 1 fully saturated rings. The topological polar surface area (TPSA) is 29.5 Å². The van der Waals surface area contributed by atoms with Crippen LogP contribution in [0, 0.1) is 24.1 Å². The number of ether oxygens (including phenoxy) is 1. The van der Waals surface area contributed by atoms with Crippen LogP contribution in [0.2, 0.25) is 0 Å². The van der Waals surface area contributed by atoms with E-state index in [0.29, 0.717) is 0 Å². The van der Waals surface area contributed by atoms with Crippen LogP contribution in [0.25, 0.3) is 0 Å². The van der Waals surface area contributed by atoms with E-state index in [1.807, 2.05) is 0 Å². The largest absolute Gasteiger partial charge is 0.573 e. The third-order valence-electron chi connectivity index (χ3n) is 2.80. The van der Waals surface area contributed by atoms with E-state index in [1.54, 1.807) is 0 Å². The summed E-state index contributed by atoms with van der Waals surface area (Å²) in [6.07, 6.45) is 0.350. The number of hydrogen-bond donors (Lipinski definition) is 0. The van der Waals surface area contributed by atoms with E-state index in [9.17, 15) is 22.4 Å². The molecule has 0 aromatic heterocycles. The van der Waals surface area contributed by atoms with Gasteiger partial charge in [0.15, 0.2) is 0 Å². The van der Waals surface area contributed by atoms with Crippen LogP contribution in [0.3, 0.4) is 0 Å². The maximum absolute atomic E-state index is 13.7. The number of rotatable bonds is 2. The Kier molecular flexibility index (Phi) is 3.57. The fourth-order valence-electron chi connectivity index (χ4n) is 1.95. The zero-order valence-corrected chi connectivity index (χ0v) is 10.1. The summed E-state index contributed by atoms with van der Waals surface area (Å²) >= 11 is 0. The van der Waals surface area contributed by atoms with Crippen LogP contribution in [-0.4, -0.2) is 18.8 Å². The average molecular weight is 287 g/mol. The monoisotopic (exact) mass is 287 g/mol. The van der Waals surface area contributed by atoms with Crippen molar-refractivity contribution in [1.29, 1.82) is 0 Å². The van der Waals surface area contributed by atoms with E-state index in [2.05, 4.69) is 10.7 Å². The van der Waals surface area contributed by atoms with Crippen LogP contribution >= 0.6 is 0 Å². The SMILES string of the molecule is C#CC1CC(=O)N(c2cc(OC(F)(F)F)ccc2F)C1. The predicted octanol–water partition coefficient (Wildman–Crippen LogP) is 2.71. The maximum Gasteiger partial charge on any atom is 0.573 e. The molecule has 0 bridgehead atoms. The molecule has 106 valence electrons. The lowest BCUT2D eigenvalue weighted by atomic mass is 10.1. The zero-order chi connectivity index (χ0) is 14.9. The van der Waals surface area contributed by atoms with E-state index in [4.69, 9.17) is 6.42 Å². The van der Waals surface area contributed by atoms with Gasteiger partial charge in [-0.3, -0.25) is 4.79 Å². The first kappa shape index (κ1) is 14.2. The van der Waals surface area contributed by atoms with Crippen LogP contribution in [0.4, 0.5) is 23.2 Å². The molecule has 20 heavy (non-hydrogen) atoms. The van der Waals surface area contributed by atoms with Crippen molar-refractivity contribution in [2.24, 2.45) is 5.92 Å². The molecule has 0 N–H and O–H groups in total. The molecule has 0 aliphatic carbocycles. The first-order valence-electron chi connectivity index (χ1n) is 5.62. The molecule has 1 amide bonds. The number of halogens is 4. The third kappa shape index (κ3) is 3.02. The quantitative estimate of drug-likeness (QED) is 0.618. The van der Waals surface area contributed by atoms with Gasteiger partial charge in [0.2, 0.25) is 5.91 Å². The van der Waals surface area contributed by atoms with Gasteiger partial charge in [0.25, 0.3) is 0 Å². The number of carbonyl (C=O) groups is 1. The second-order valence-electron chi connectivity index (χ2n) is 4.23. The zero-order valence-electron chi connectivity index (χ0n) is 10.1. The van der Waals surface area contributed by atoms with E-state index >= 15 is 0 Å². The van der Waals surface area contributed by atoms with E-state index < -0.39 is 23.8 Å². The van der Waals surface area contributed by atoms with Crippen molar-refractivity contribution in [3.05, 3.63) is 24.0 Å². The van der Waals surface area contributed by atoms with Crippen LogP contribution in [0.15, 0.2) is 18.2 Å². The van der Waals surface area contributed by atoms with Gasteiger partial charge in [0.1, 0.15) is 11.6 Å². The molecule has 0 saturated carbocycles. The van der Waals surface area contributed by atoms with Crippen LogP contribution < -0.4 is 9.64 Å². The number of carbonyl (C=O) groups excluding carboxylic acids is 1. The van der Waals surface area contributed by atoms with Crippen LogP contribution in [0.5, 0.6) is 5.75 Å². The lowest BCUT2D eigenvalue weighted by Crippen LogP contribution is -2.25. The number of terminal acetylenes is 1. The van der Waals surface area contributed by atoms with Crippen molar-refractivity contribution in [3.8, 4) is 18.1 Å². The molecule has 1 aromatic carbocycles. The summed E-state index contributed by atoms with van der Waals surface area (Å²) in [5, 5.41) is 0. The normalized spacial score (nSPS) is 19.1. The van der Waals surface area contributed by atoms with Crippen LogP contribution in [-0.2, 0) is 4.79 Å². The minimum atomic E-state index is -4.88. The summed E-state index contributed by atoms with van der Waals surface area (Å²) in [5.41, 5.74) is -0.269. The molecule has 1 saturated heterocycles. The summed E-state index contributed by atoms with van der Waals surface area (Å²) in [6.45, 7) is 0.0712. The fraction of sp³-hybridized carbons (Fsp3) is 0.308. The Labute approximate surface area is 112 Å². The first-order chi connectivity index (χ1) is 9.30. The molecule has 1 atom stereocenters. The number of alkyl halides is 3. The molecule has 1 aliphatic rings. The number of benzene rings is 1. The predicted molar refractivity (Wildman–Crippen MR) is 62.4 cm³/mol. The Morgan fingerprint density at radius 3 is 2.65 bits per heavy atom. The fourth-order valence-corrected chi connectivity index (χ4v) is 1.95. The standard InChI is InChI=1S/C13H9F4NO2/c1-2-8-5-12(19)18(7-8)11-6-9(3-4-10(11)14)20-13(15,16)17/h1,3-4,6,8H,5,7H2. The Hall–Kier alpha value is -2.23. The van der Waals surface area contributed by atoms with Gasteiger partial charge in [0.05, 0.1) is 5.69 Å². The second kappa shape index (κ2) is 5.04. The van der Waals surface area contributed by atoms with E-state index in [-0.39, 0.29) is 24.6 Å². The van der Waals surface area contributed by atoms with Crippen LogP contribution in [0.1, 0.15) is 6.42 Å². The molecule has 0 spiro atoms. The number of amides is 1. The van der Waals surface area contributed by atoms with Gasteiger partial charge in [-0.25, -0.2) is 4.39 Å². The van der Waals surface area contributed by atoms with Crippen molar-refractivity contribution in [2.75, 3.05) is 11.4 Å². The number of nitrogens with zero attached hydrogens (tertiary/aromatic N) is 1.